The Morgan fingerprint density at radius 2 is 2.04 bits per heavy atom. The number of carbonyl (C=O) groups is 1. The van der Waals surface area contributed by atoms with Crippen LogP contribution in [-0.2, 0) is 25.6 Å². The Kier molecular flexibility index (Phi) is 6.01. The molecular formula is C16H23NO5S. The largest absolute Gasteiger partial charge is 0.445 e. The molecule has 0 unspecified atom stereocenters. The van der Waals surface area contributed by atoms with Crippen molar-refractivity contribution < 1.29 is 22.1 Å². The van der Waals surface area contributed by atoms with E-state index in [2.05, 4.69) is 0 Å². The summed E-state index contributed by atoms with van der Waals surface area (Å²) in [5, 5.41) is 0. The van der Waals surface area contributed by atoms with E-state index in [1.165, 1.54) is 0 Å². The smallest absolute Gasteiger partial charge is 0.410 e. The third-order valence-corrected chi connectivity index (χ3v) is 4.56. The number of benzene rings is 1. The molecule has 0 spiro atoms. The number of ether oxygens (including phenoxy) is 1. The highest BCUT2D eigenvalue weighted by molar-refractivity contribution is 7.86. The van der Waals surface area contributed by atoms with Gasteiger partial charge < -0.3 is 9.64 Å². The second-order valence-corrected chi connectivity index (χ2v) is 7.49. The molecule has 23 heavy (non-hydrogen) atoms. The molecule has 0 radical (unpaired) electrons. The molecule has 1 aliphatic heterocycles. The van der Waals surface area contributed by atoms with Gasteiger partial charge in [-0.25, -0.2) is 4.79 Å². The van der Waals surface area contributed by atoms with Crippen LogP contribution in [0, 0.1) is 5.92 Å². The lowest BCUT2D eigenvalue weighted by Gasteiger charge is -2.34. The predicted octanol–water partition coefficient (Wildman–Crippen LogP) is 2.40. The fourth-order valence-electron chi connectivity index (χ4n) is 2.72. The topological polar surface area (TPSA) is 72.9 Å². The van der Waals surface area contributed by atoms with Crippen molar-refractivity contribution >= 4 is 16.2 Å². The Balaban J connectivity index is 1.86. The zero-order chi connectivity index (χ0) is 16.9. The first-order valence-corrected chi connectivity index (χ1v) is 9.50. The van der Waals surface area contributed by atoms with Crippen LogP contribution in [-0.4, -0.2) is 44.9 Å². The molecule has 0 N–H and O–H groups in total. The number of amides is 1. The zero-order valence-corrected chi connectivity index (χ0v) is 14.3. The van der Waals surface area contributed by atoms with Gasteiger partial charge in [-0.3, -0.25) is 4.18 Å². The summed E-state index contributed by atoms with van der Waals surface area (Å²) in [7, 11) is -3.49. The normalized spacial score (nSPS) is 20.1. The molecule has 128 valence electrons. The number of likely N-dealkylation sites (tertiary alicyclic amines) is 1. The molecule has 1 fully saturated rings. The maximum atomic E-state index is 12.2. The molecule has 1 aromatic rings. The van der Waals surface area contributed by atoms with Crippen LogP contribution in [0.25, 0.3) is 0 Å². The lowest BCUT2D eigenvalue weighted by Crippen LogP contribution is -2.44. The van der Waals surface area contributed by atoms with Crippen LogP contribution in [0.1, 0.15) is 25.3 Å². The number of hydrogen-bond acceptors (Lipinski definition) is 5. The molecule has 0 aromatic heterocycles. The Morgan fingerprint density at radius 1 is 1.35 bits per heavy atom. The van der Waals surface area contributed by atoms with Crippen LogP contribution in [0.3, 0.4) is 0 Å². The van der Waals surface area contributed by atoms with Gasteiger partial charge in [0.25, 0.3) is 10.1 Å². The maximum absolute atomic E-state index is 12.2. The molecule has 2 atom stereocenters. The predicted molar refractivity (Wildman–Crippen MR) is 86.3 cm³/mol. The molecule has 1 aromatic carbocycles. The van der Waals surface area contributed by atoms with Gasteiger partial charge in [-0.15, -0.1) is 0 Å². The highest BCUT2D eigenvalue weighted by Gasteiger charge is 2.30. The molecule has 0 aliphatic carbocycles. The molecule has 1 heterocycles. The second kappa shape index (κ2) is 7.79. The van der Waals surface area contributed by atoms with Crippen molar-refractivity contribution in [3.8, 4) is 0 Å². The average molecular weight is 341 g/mol. The van der Waals surface area contributed by atoms with Crippen molar-refractivity contribution in [3.63, 3.8) is 0 Å². The summed E-state index contributed by atoms with van der Waals surface area (Å²) >= 11 is 0. The number of nitrogens with zero attached hydrogens (tertiary/aromatic N) is 1. The van der Waals surface area contributed by atoms with Crippen LogP contribution in [0.4, 0.5) is 4.79 Å². The minimum atomic E-state index is -3.49. The van der Waals surface area contributed by atoms with Gasteiger partial charge in [0.05, 0.1) is 12.4 Å². The van der Waals surface area contributed by atoms with Gasteiger partial charge in [-0.1, -0.05) is 30.3 Å². The summed E-state index contributed by atoms with van der Waals surface area (Å²) in [6.07, 6.45) is 1.86. The van der Waals surface area contributed by atoms with Crippen molar-refractivity contribution in [2.75, 3.05) is 19.3 Å². The van der Waals surface area contributed by atoms with Gasteiger partial charge in [-0.05, 0) is 25.3 Å². The number of rotatable bonds is 5. The Hall–Kier alpha value is -1.60. The van der Waals surface area contributed by atoms with Crippen LogP contribution in [0.2, 0.25) is 0 Å². The molecular weight excluding hydrogens is 318 g/mol. The summed E-state index contributed by atoms with van der Waals surface area (Å²) in [5.41, 5.74) is 0.934. The van der Waals surface area contributed by atoms with Crippen molar-refractivity contribution in [2.24, 2.45) is 5.92 Å². The van der Waals surface area contributed by atoms with E-state index < -0.39 is 16.2 Å². The first kappa shape index (κ1) is 17.7. The summed E-state index contributed by atoms with van der Waals surface area (Å²) in [6, 6.07) is 9.49. The third kappa shape index (κ3) is 5.84. The van der Waals surface area contributed by atoms with E-state index in [9.17, 15) is 13.2 Å². The van der Waals surface area contributed by atoms with E-state index in [-0.39, 0.29) is 18.6 Å². The second-order valence-electron chi connectivity index (χ2n) is 5.89. The fourth-order valence-corrected chi connectivity index (χ4v) is 3.43. The van der Waals surface area contributed by atoms with Crippen molar-refractivity contribution in [1.29, 1.82) is 0 Å². The van der Waals surface area contributed by atoms with Gasteiger partial charge in [0.2, 0.25) is 0 Å². The SMILES string of the molecule is C[C@H](OS(C)(=O)=O)[C@@H]1CCCN(C(=O)OCc2ccccc2)C1. The molecule has 1 amide bonds. The Labute approximate surface area is 137 Å². The van der Waals surface area contributed by atoms with Crippen LogP contribution in [0.15, 0.2) is 30.3 Å². The van der Waals surface area contributed by atoms with Gasteiger partial charge >= 0.3 is 6.09 Å². The van der Waals surface area contributed by atoms with Crippen molar-refractivity contribution in [2.45, 2.75) is 32.5 Å². The average Bonchev–Trinajstić information content (AvgIpc) is 2.52. The Morgan fingerprint density at radius 3 is 2.70 bits per heavy atom. The Bertz CT molecular complexity index is 617. The van der Waals surface area contributed by atoms with Crippen LogP contribution < -0.4 is 0 Å². The standard InChI is InChI=1S/C16H23NO5S/c1-13(22-23(2,19)20)15-9-6-10-17(11-15)16(18)21-12-14-7-4-3-5-8-14/h3-5,7-8,13,15H,6,9-12H2,1-2H3/t13-,15+/m0/s1. The lowest BCUT2D eigenvalue weighted by molar-refractivity contribution is 0.0551. The number of piperidine rings is 1. The van der Waals surface area contributed by atoms with E-state index in [4.69, 9.17) is 8.92 Å². The quantitative estimate of drug-likeness (QED) is 0.769. The molecule has 0 saturated carbocycles. The van der Waals surface area contributed by atoms with Gasteiger partial charge in [0.1, 0.15) is 6.61 Å². The summed E-state index contributed by atoms with van der Waals surface area (Å²) < 4.78 is 32.8. The van der Waals surface area contributed by atoms with Crippen molar-refractivity contribution in [3.05, 3.63) is 35.9 Å². The molecule has 6 nitrogen and oxygen atoms in total. The first-order valence-electron chi connectivity index (χ1n) is 7.69. The van der Waals surface area contributed by atoms with E-state index in [0.717, 1.165) is 24.7 Å². The zero-order valence-electron chi connectivity index (χ0n) is 13.5. The molecule has 0 bridgehead atoms. The number of carbonyl (C=O) groups excluding carboxylic acids is 1. The van der Waals surface area contributed by atoms with E-state index in [1.807, 2.05) is 30.3 Å². The first-order chi connectivity index (χ1) is 10.8. The van der Waals surface area contributed by atoms with Gasteiger partial charge in [-0.2, -0.15) is 8.42 Å². The highest BCUT2D eigenvalue weighted by atomic mass is 32.2. The fraction of sp³-hybridized carbons (Fsp3) is 0.562. The summed E-state index contributed by atoms with van der Waals surface area (Å²) in [5.74, 6) is -0.0113. The minimum absolute atomic E-state index is 0.0113. The highest BCUT2D eigenvalue weighted by Crippen LogP contribution is 2.23. The van der Waals surface area contributed by atoms with Crippen molar-refractivity contribution in [1.82, 2.24) is 4.90 Å². The summed E-state index contributed by atoms with van der Waals surface area (Å²) in [6.45, 7) is 3.03. The van der Waals surface area contributed by atoms with Gasteiger partial charge in [0.15, 0.2) is 0 Å². The minimum Gasteiger partial charge on any atom is -0.445 e. The lowest BCUT2D eigenvalue weighted by atomic mass is 9.94. The van der Waals surface area contributed by atoms with E-state index in [0.29, 0.717) is 13.1 Å². The number of hydrogen-bond donors (Lipinski definition) is 0. The molecule has 2 rings (SSSR count). The summed E-state index contributed by atoms with van der Waals surface area (Å²) in [4.78, 5) is 13.8. The monoisotopic (exact) mass is 341 g/mol. The maximum Gasteiger partial charge on any atom is 0.410 e. The van der Waals surface area contributed by atoms with Crippen LogP contribution in [0.5, 0.6) is 0 Å². The van der Waals surface area contributed by atoms with Crippen LogP contribution >= 0.6 is 0 Å². The van der Waals surface area contributed by atoms with E-state index in [1.54, 1.807) is 11.8 Å². The van der Waals surface area contributed by atoms with Gasteiger partial charge in [0, 0.05) is 19.0 Å². The molecule has 1 aliphatic rings. The van der Waals surface area contributed by atoms with E-state index >= 15 is 0 Å². The molecule has 1 saturated heterocycles. The molecule has 7 heteroatoms. The third-order valence-electron chi connectivity index (χ3n) is 3.91.